The van der Waals surface area contributed by atoms with Crippen molar-refractivity contribution in [1.29, 1.82) is 0 Å². The lowest BCUT2D eigenvalue weighted by atomic mass is 10.2. The molecule has 29 heavy (non-hydrogen) atoms. The Bertz CT molecular complexity index is 1160. The number of hydrogen-bond acceptors (Lipinski definition) is 7. The van der Waals surface area contributed by atoms with Crippen molar-refractivity contribution >= 4 is 21.4 Å². The lowest BCUT2D eigenvalue weighted by molar-refractivity contribution is -0.385. The average Bonchev–Trinajstić information content (AvgIpc) is 2.68. The number of nitrogens with one attached hydrogen (secondary N) is 1. The zero-order valence-electron chi connectivity index (χ0n) is 14.8. The van der Waals surface area contributed by atoms with Crippen molar-refractivity contribution in [3.63, 3.8) is 0 Å². The molecule has 0 unspecified atom stereocenters. The van der Waals surface area contributed by atoms with E-state index in [0.29, 0.717) is 11.3 Å². The van der Waals surface area contributed by atoms with Gasteiger partial charge in [0, 0.05) is 24.9 Å². The summed E-state index contributed by atoms with van der Waals surface area (Å²) in [7, 11) is -4.21. The van der Waals surface area contributed by atoms with Gasteiger partial charge >= 0.3 is 0 Å². The molecule has 0 radical (unpaired) electrons. The van der Waals surface area contributed by atoms with E-state index in [9.17, 15) is 22.9 Å². The number of hydrogen-bond donors (Lipinski definition) is 2. The maximum absolute atomic E-state index is 14.3. The van der Waals surface area contributed by atoms with Gasteiger partial charge in [0.25, 0.3) is 5.69 Å². The number of pyridine rings is 1. The van der Waals surface area contributed by atoms with Gasteiger partial charge in [0.1, 0.15) is 10.6 Å². The molecule has 3 aromatic rings. The Morgan fingerprint density at radius 1 is 1.21 bits per heavy atom. The van der Waals surface area contributed by atoms with Crippen LogP contribution in [0.1, 0.15) is 5.56 Å². The lowest BCUT2D eigenvalue weighted by Gasteiger charge is -2.12. The molecule has 0 aliphatic rings. The molecule has 0 saturated heterocycles. The highest BCUT2D eigenvalue weighted by atomic mass is 32.2. The number of halogens is 1. The third kappa shape index (κ3) is 5.03. The maximum Gasteiger partial charge on any atom is 0.270 e. The minimum Gasteiger partial charge on any atom is -0.453 e. The van der Waals surface area contributed by atoms with Crippen LogP contribution in [0.4, 0.5) is 15.8 Å². The Morgan fingerprint density at radius 3 is 2.62 bits per heavy atom. The van der Waals surface area contributed by atoms with Gasteiger partial charge in [-0.05, 0) is 35.9 Å². The number of sulfonamides is 1. The number of rotatable bonds is 7. The van der Waals surface area contributed by atoms with E-state index >= 15 is 0 Å². The van der Waals surface area contributed by atoms with Gasteiger partial charge in [-0.25, -0.2) is 17.9 Å². The van der Waals surface area contributed by atoms with E-state index in [0.717, 1.165) is 12.1 Å². The highest BCUT2D eigenvalue weighted by Gasteiger charge is 2.19. The number of primary sulfonamides is 1. The fraction of sp³-hybridized carbons (Fsp3) is 0.0556. The third-order valence-electron chi connectivity index (χ3n) is 3.82. The van der Waals surface area contributed by atoms with Crippen molar-refractivity contribution in [3.05, 3.63) is 82.4 Å². The summed E-state index contributed by atoms with van der Waals surface area (Å²) in [6, 6.07) is 10.8. The van der Waals surface area contributed by atoms with Gasteiger partial charge in [0.05, 0.1) is 16.8 Å². The van der Waals surface area contributed by atoms with E-state index in [1.165, 1.54) is 24.4 Å². The first-order chi connectivity index (χ1) is 13.7. The molecule has 150 valence electrons. The van der Waals surface area contributed by atoms with Gasteiger partial charge in [-0.3, -0.25) is 15.1 Å². The van der Waals surface area contributed by atoms with Gasteiger partial charge in [0.15, 0.2) is 11.6 Å². The number of aromatic nitrogens is 1. The van der Waals surface area contributed by atoms with Gasteiger partial charge in [-0.2, -0.15) is 0 Å². The van der Waals surface area contributed by atoms with Crippen molar-refractivity contribution < 1.29 is 22.5 Å². The Morgan fingerprint density at radius 2 is 2.00 bits per heavy atom. The second-order valence-corrected chi connectivity index (χ2v) is 7.42. The molecule has 0 spiro atoms. The van der Waals surface area contributed by atoms with Crippen LogP contribution in [0.3, 0.4) is 0 Å². The zero-order chi connectivity index (χ0) is 21.0. The molecule has 0 saturated carbocycles. The highest BCUT2D eigenvalue weighted by Crippen LogP contribution is 2.27. The van der Waals surface area contributed by atoms with Crippen LogP contribution in [0, 0.1) is 15.9 Å². The Balaban J connectivity index is 1.78. The fourth-order valence-corrected chi connectivity index (χ4v) is 3.21. The van der Waals surface area contributed by atoms with E-state index in [2.05, 4.69) is 10.3 Å². The van der Waals surface area contributed by atoms with Crippen LogP contribution in [0.15, 0.2) is 65.8 Å². The van der Waals surface area contributed by atoms with E-state index in [-0.39, 0.29) is 18.0 Å². The predicted molar refractivity (Wildman–Crippen MR) is 103 cm³/mol. The van der Waals surface area contributed by atoms with Gasteiger partial charge in [-0.1, -0.05) is 6.07 Å². The number of benzene rings is 2. The van der Waals surface area contributed by atoms with Gasteiger partial charge in [-0.15, -0.1) is 0 Å². The molecule has 0 amide bonds. The Labute approximate surface area is 165 Å². The quantitative estimate of drug-likeness (QED) is 0.444. The number of nitrogens with two attached hydrogens (primary N) is 1. The smallest absolute Gasteiger partial charge is 0.270 e. The Kier molecular flexibility index (Phi) is 5.71. The molecule has 3 rings (SSSR count). The van der Waals surface area contributed by atoms with Gasteiger partial charge in [0.2, 0.25) is 10.0 Å². The number of anilines is 1. The SMILES string of the molecule is NS(=O)(=O)c1cc([N+](=O)[O-])ccc1NCc1ccc(Oc2cccnc2)c(F)c1. The molecule has 0 atom stereocenters. The summed E-state index contributed by atoms with van der Waals surface area (Å²) in [4.78, 5) is 13.6. The summed E-state index contributed by atoms with van der Waals surface area (Å²) in [5.41, 5.74) is 0.136. The van der Waals surface area contributed by atoms with Crippen molar-refractivity contribution in [2.75, 3.05) is 5.32 Å². The van der Waals surface area contributed by atoms with Crippen LogP contribution in [0.25, 0.3) is 0 Å². The van der Waals surface area contributed by atoms with Crippen LogP contribution >= 0.6 is 0 Å². The Hall–Kier alpha value is -3.57. The van der Waals surface area contributed by atoms with Gasteiger partial charge < -0.3 is 10.1 Å². The first-order valence-electron chi connectivity index (χ1n) is 8.15. The number of nitro benzene ring substituents is 1. The standard InChI is InChI=1S/C18H15FN4O5S/c19-15-8-12(3-6-17(15)28-14-2-1-7-21-11-14)10-22-16-5-4-13(23(24)25)9-18(16)29(20,26)27/h1-9,11,22H,10H2,(H2,20,26,27). The summed E-state index contributed by atoms with van der Waals surface area (Å²) in [6.07, 6.45) is 3.00. The average molecular weight is 418 g/mol. The summed E-state index contributed by atoms with van der Waals surface area (Å²) in [6.45, 7) is 0.0461. The zero-order valence-corrected chi connectivity index (χ0v) is 15.6. The van der Waals surface area contributed by atoms with Crippen molar-refractivity contribution in [2.24, 2.45) is 5.14 Å². The topological polar surface area (TPSA) is 137 Å². The monoisotopic (exact) mass is 418 g/mol. The van der Waals surface area contributed by atoms with E-state index in [1.54, 1.807) is 24.4 Å². The van der Waals surface area contributed by atoms with Crippen LogP contribution in [-0.4, -0.2) is 18.3 Å². The molecule has 9 nitrogen and oxygen atoms in total. The van der Waals surface area contributed by atoms with Crippen LogP contribution in [0.5, 0.6) is 11.5 Å². The third-order valence-corrected chi connectivity index (χ3v) is 4.77. The van der Waals surface area contributed by atoms with Crippen LogP contribution in [-0.2, 0) is 16.6 Å². The molecule has 3 N–H and O–H groups in total. The van der Waals surface area contributed by atoms with E-state index in [4.69, 9.17) is 9.88 Å². The summed E-state index contributed by atoms with van der Waals surface area (Å²) >= 11 is 0. The van der Waals surface area contributed by atoms with Crippen molar-refractivity contribution in [3.8, 4) is 11.5 Å². The van der Waals surface area contributed by atoms with E-state index < -0.39 is 31.3 Å². The fourth-order valence-electron chi connectivity index (χ4n) is 2.47. The molecule has 1 heterocycles. The van der Waals surface area contributed by atoms with Crippen LogP contribution < -0.4 is 15.2 Å². The largest absolute Gasteiger partial charge is 0.453 e. The number of nitro groups is 1. The first-order valence-corrected chi connectivity index (χ1v) is 9.70. The normalized spacial score (nSPS) is 11.1. The molecule has 0 fully saturated rings. The molecule has 0 aliphatic heterocycles. The molecule has 1 aromatic heterocycles. The van der Waals surface area contributed by atoms with Crippen molar-refractivity contribution in [2.45, 2.75) is 11.4 Å². The molecular formula is C18H15FN4O5S. The predicted octanol–water partition coefficient (Wildman–Crippen LogP) is 3.18. The van der Waals surface area contributed by atoms with Crippen LogP contribution in [0.2, 0.25) is 0 Å². The van der Waals surface area contributed by atoms with Crippen molar-refractivity contribution in [1.82, 2.24) is 4.98 Å². The second-order valence-electron chi connectivity index (χ2n) is 5.89. The summed E-state index contributed by atoms with van der Waals surface area (Å²) in [5, 5.41) is 18.8. The lowest BCUT2D eigenvalue weighted by Crippen LogP contribution is -2.15. The second kappa shape index (κ2) is 8.20. The number of nitrogens with zero attached hydrogens (tertiary/aromatic N) is 2. The minimum atomic E-state index is -4.21. The first kappa shape index (κ1) is 20.2. The molecule has 0 bridgehead atoms. The number of ether oxygens (including phenoxy) is 1. The molecule has 2 aromatic carbocycles. The number of non-ortho nitro benzene ring substituents is 1. The van der Waals surface area contributed by atoms with E-state index in [1.807, 2.05) is 0 Å². The molecule has 11 heteroatoms. The minimum absolute atomic E-state index is 0.00214. The molecule has 0 aliphatic carbocycles. The summed E-state index contributed by atoms with van der Waals surface area (Å²) in [5.74, 6) is -0.244. The maximum atomic E-state index is 14.3. The summed E-state index contributed by atoms with van der Waals surface area (Å²) < 4.78 is 43.2. The highest BCUT2D eigenvalue weighted by molar-refractivity contribution is 7.89. The molecular weight excluding hydrogens is 403 g/mol.